The number of para-hydroxylation sites is 2. The number of aromatic nitrogens is 2. The van der Waals surface area contributed by atoms with E-state index in [1.54, 1.807) is 0 Å². The zero-order valence-corrected chi connectivity index (χ0v) is 20.6. The van der Waals surface area contributed by atoms with E-state index < -0.39 is 0 Å². The third-order valence-corrected chi connectivity index (χ3v) is 6.80. The minimum atomic E-state index is -0.143. The summed E-state index contributed by atoms with van der Waals surface area (Å²) in [6.45, 7) is 0.694. The molecule has 2 aromatic carbocycles. The van der Waals surface area contributed by atoms with Crippen LogP contribution in [-0.4, -0.2) is 42.7 Å². The highest BCUT2D eigenvalue weighted by molar-refractivity contribution is 14.1. The molecule has 3 N–H and O–H groups in total. The maximum atomic E-state index is 12.2. The molecule has 0 atom stereocenters. The van der Waals surface area contributed by atoms with Gasteiger partial charge in [-0.1, -0.05) is 24.3 Å². The number of hydrogen-bond acceptors (Lipinski definition) is 5. The smallest absolute Gasteiger partial charge is 0.319 e. The summed E-state index contributed by atoms with van der Waals surface area (Å²) in [6.07, 6.45) is 4.21. The fourth-order valence-electron chi connectivity index (χ4n) is 4.12. The first-order valence-electron chi connectivity index (χ1n) is 11.0. The van der Waals surface area contributed by atoms with E-state index in [2.05, 4.69) is 44.6 Å². The van der Waals surface area contributed by atoms with Crippen LogP contribution in [0.25, 0.3) is 10.9 Å². The van der Waals surface area contributed by atoms with E-state index in [1.807, 2.05) is 61.5 Å². The van der Waals surface area contributed by atoms with Crippen molar-refractivity contribution in [1.82, 2.24) is 15.3 Å². The number of anilines is 3. The summed E-state index contributed by atoms with van der Waals surface area (Å²) in [6, 6.07) is 16.1. The van der Waals surface area contributed by atoms with E-state index >= 15 is 0 Å². The number of nitrogens with one attached hydrogen (secondary N) is 3. The summed E-state index contributed by atoms with van der Waals surface area (Å²) in [5.74, 6) is 2.10. The second-order valence-electron chi connectivity index (χ2n) is 8.46. The molecule has 0 radical (unpaired) electrons. The summed E-state index contributed by atoms with van der Waals surface area (Å²) in [5, 5.41) is 10.6. The van der Waals surface area contributed by atoms with Crippen molar-refractivity contribution >= 4 is 57.0 Å². The zero-order chi connectivity index (χ0) is 22.5. The maximum absolute atomic E-state index is 12.2. The van der Waals surface area contributed by atoms with Gasteiger partial charge in [-0.3, -0.25) is 0 Å². The minimum absolute atomic E-state index is 0.143. The van der Waals surface area contributed by atoms with Crippen molar-refractivity contribution in [3.8, 4) is 0 Å². The monoisotopic (exact) mass is 544 g/mol. The summed E-state index contributed by atoms with van der Waals surface area (Å²) in [4.78, 5) is 23.8. The van der Waals surface area contributed by atoms with Gasteiger partial charge < -0.3 is 20.9 Å². The van der Waals surface area contributed by atoms with Crippen LogP contribution in [0.3, 0.4) is 0 Å². The molecule has 1 aliphatic carbocycles. The van der Waals surface area contributed by atoms with Crippen molar-refractivity contribution in [2.45, 2.75) is 31.7 Å². The number of hydrogen-bond donors (Lipinski definition) is 3. The van der Waals surface area contributed by atoms with Crippen LogP contribution in [0, 0.1) is 9.49 Å². The van der Waals surface area contributed by atoms with E-state index in [0.29, 0.717) is 24.5 Å². The van der Waals surface area contributed by atoms with Gasteiger partial charge in [-0.25, -0.2) is 9.78 Å². The van der Waals surface area contributed by atoms with E-state index in [4.69, 9.17) is 9.97 Å². The van der Waals surface area contributed by atoms with Gasteiger partial charge >= 0.3 is 6.03 Å². The standard InChI is InChI=1S/C24H29IN6O/c1-31(2)22-18-7-3-5-9-20(18)28-23(30-22)27-17-13-11-16(12-14-17)15-26-24(32)29-21-10-6-4-8-19(21)25/h3-10,16-17H,11-15H2,1-2H3,(H2,26,29,32)(H,27,28,30). The van der Waals surface area contributed by atoms with Crippen molar-refractivity contribution < 1.29 is 4.79 Å². The summed E-state index contributed by atoms with van der Waals surface area (Å²) < 4.78 is 1.03. The molecular weight excluding hydrogens is 515 g/mol. The number of fused-ring (bicyclic) bond motifs is 1. The van der Waals surface area contributed by atoms with Crippen LogP contribution in [-0.2, 0) is 0 Å². The fraction of sp³-hybridized carbons (Fsp3) is 0.375. The molecular formula is C24H29IN6O. The lowest BCUT2D eigenvalue weighted by atomic mass is 9.86. The highest BCUT2D eigenvalue weighted by Gasteiger charge is 2.23. The second-order valence-corrected chi connectivity index (χ2v) is 9.62. The lowest BCUT2D eigenvalue weighted by molar-refractivity contribution is 0.246. The number of amides is 2. The summed E-state index contributed by atoms with van der Waals surface area (Å²) in [5.41, 5.74) is 1.79. The Morgan fingerprint density at radius 3 is 2.50 bits per heavy atom. The Morgan fingerprint density at radius 2 is 1.75 bits per heavy atom. The topological polar surface area (TPSA) is 82.2 Å². The van der Waals surface area contributed by atoms with Crippen LogP contribution < -0.4 is 20.9 Å². The average Bonchev–Trinajstić information content (AvgIpc) is 2.79. The molecule has 0 saturated heterocycles. The Morgan fingerprint density at radius 1 is 1.03 bits per heavy atom. The number of carbonyl (C=O) groups is 1. The number of benzene rings is 2. The van der Waals surface area contributed by atoms with Gasteiger partial charge in [-0.2, -0.15) is 4.98 Å². The van der Waals surface area contributed by atoms with E-state index in [0.717, 1.165) is 51.7 Å². The average molecular weight is 544 g/mol. The molecule has 7 nitrogen and oxygen atoms in total. The maximum Gasteiger partial charge on any atom is 0.319 e. The molecule has 1 saturated carbocycles. The number of halogens is 1. The lowest BCUT2D eigenvalue weighted by Crippen LogP contribution is -2.36. The second kappa shape index (κ2) is 10.3. The molecule has 2 amide bonds. The van der Waals surface area contributed by atoms with Crippen molar-refractivity contribution in [1.29, 1.82) is 0 Å². The van der Waals surface area contributed by atoms with Crippen LogP contribution in [0.2, 0.25) is 0 Å². The van der Waals surface area contributed by atoms with Gasteiger partial charge in [-0.05, 0) is 78.5 Å². The predicted molar refractivity (Wildman–Crippen MR) is 139 cm³/mol. The zero-order valence-electron chi connectivity index (χ0n) is 18.4. The van der Waals surface area contributed by atoms with Gasteiger partial charge in [0.25, 0.3) is 0 Å². The van der Waals surface area contributed by atoms with Crippen molar-refractivity contribution in [3.63, 3.8) is 0 Å². The predicted octanol–water partition coefficient (Wildman–Crippen LogP) is 5.09. The molecule has 8 heteroatoms. The largest absolute Gasteiger partial charge is 0.362 e. The highest BCUT2D eigenvalue weighted by Crippen LogP contribution is 2.28. The molecule has 1 aliphatic rings. The van der Waals surface area contributed by atoms with Crippen molar-refractivity contribution in [2.24, 2.45) is 5.92 Å². The lowest BCUT2D eigenvalue weighted by Gasteiger charge is -2.29. The van der Waals surface area contributed by atoms with E-state index in [-0.39, 0.29) is 6.03 Å². The normalized spacial score (nSPS) is 18.2. The van der Waals surface area contributed by atoms with Gasteiger partial charge in [0, 0.05) is 35.6 Å². The minimum Gasteiger partial charge on any atom is -0.362 e. The first-order valence-corrected chi connectivity index (χ1v) is 12.1. The van der Waals surface area contributed by atoms with Gasteiger partial charge in [-0.15, -0.1) is 0 Å². The molecule has 0 aliphatic heterocycles. The first kappa shape index (κ1) is 22.6. The molecule has 3 aromatic rings. The molecule has 0 bridgehead atoms. The number of urea groups is 1. The van der Waals surface area contributed by atoms with Crippen LogP contribution in [0.15, 0.2) is 48.5 Å². The molecule has 1 fully saturated rings. The van der Waals surface area contributed by atoms with Crippen molar-refractivity contribution in [2.75, 3.05) is 36.2 Å². The van der Waals surface area contributed by atoms with Crippen LogP contribution >= 0.6 is 22.6 Å². The Hall–Kier alpha value is -2.62. The Balaban J connectivity index is 1.28. The van der Waals surface area contributed by atoms with E-state index in [9.17, 15) is 4.79 Å². The number of nitrogens with zero attached hydrogens (tertiary/aromatic N) is 3. The van der Waals surface area contributed by atoms with Gasteiger partial charge in [0.05, 0.1) is 11.2 Å². The number of carbonyl (C=O) groups excluding carboxylic acids is 1. The molecule has 0 unspecified atom stereocenters. The third-order valence-electron chi connectivity index (χ3n) is 5.86. The number of rotatable bonds is 6. The van der Waals surface area contributed by atoms with Gasteiger partial charge in [0.2, 0.25) is 5.95 Å². The Labute approximate surface area is 202 Å². The molecule has 4 rings (SSSR count). The quantitative estimate of drug-likeness (QED) is 0.377. The van der Waals surface area contributed by atoms with Gasteiger partial charge in [0.15, 0.2) is 0 Å². The van der Waals surface area contributed by atoms with Crippen LogP contribution in [0.5, 0.6) is 0 Å². The molecule has 1 aromatic heterocycles. The molecule has 32 heavy (non-hydrogen) atoms. The molecule has 0 spiro atoms. The molecule has 1 heterocycles. The summed E-state index contributed by atoms with van der Waals surface area (Å²) in [7, 11) is 4.01. The first-order chi connectivity index (χ1) is 15.5. The third kappa shape index (κ3) is 5.59. The van der Waals surface area contributed by atoms with E-state index in [1.165, 1.54) is 0 Å². The van der Waals surface area contributed by atoms with Crippen LogP contribution in [0.1, 0.15) is 25.7 Å². The van der Waals surface area contributed by atoms with Crippen molar-refractivity contribution in [3.05, 3.63) is 52.1 Å². The Bertz CT molecular complexity index is 1080. The SMILES string of the molecule is CN(C)c1nc(NC2CCC(CNC(=O)Nc3ccccc3I)CC2)nc2ccccc12. The van der Waals surface area contributed by atoms with Crippen LogP contribution in [0.4, 0.5) is 22.2 Å². The summed E-state index contributed by atoms with van der Waals surface area (Å²) >= 11 is 2.22. The van der Waals surface area contributed by atoms with Gasteiger partial charge in [0.1, 0.15) is 5.82 Å². The highest BCUT2D eigenvalue weighted by atomic mass is 127. The fourth-order valence-corrected chi connectivity index (χ4v) is 4.65. The molecule has 168 valence electrons. The Kier molecular flexibility index (Phi) is 7.29.